The Kier molecular flexibility index (Phi) is 8.35. The molecule has 36 heavy (non-hydrogen) atoms. The summed E-state index contributed by atoms with van der Waals surface area (Å²) in [5, 5.41) is 3.37. The van der Waals surface area contributed by atoms with E-state index in [0.717, 1.165) is 11.1 Å². The third-order valence-corrected chi connectivity index (χ3v) is 7.02. The Morgan fingerprint density at radius 3 is 2.78 bits per heavy atom. The summed E-state index contributed by atoms with van der Waals surface area (Å²) in [6, 6.07) is 14.1. The molecular weight excluding hydrogens is 520 g/mol. The number of amides is 2. The van der Waals surface area contributed by atoms with Crippen molar-refractivity contribution in [1.82, 2.24) is 4.90 Å². The molecule has 0 aliphatic carbocycles. The Bertz CT molecular complexity index is 1320. The van der Waals surface area contributed by atoms with E-state index in [9.17, 15) is 9.59 Å². The highest BCUT2D eigenvalue weighted by Crippen LogP contribution is 2.35. The van der Waals surface area contributed by atoms with E-state index >= 15 is 0 Å². The van der Waals surface area contributed by atoms with Crippen molar-refractivity contribution in [2.45, 2.75) is 20.4 Å². The lowest BCUT2D eigenvalue weighted by molar-refractivity contribution is -0.122. The van der Waals surface area contributed by atoms with Gasteiger partial charge in [0.05, 0.1) is 24.3 Å². The van der Waals surface area contributed by atoms with Crippen LogP contribution in [0.2, 0.25) is 5.02 Å². The normalized spacial score (nSPS) is 14.4. The molecule has 4 rings (SSSR count). The van der Waals surface area contributed by atoms with Crippen molar-refractivity contribution in [3.8, 4) is 11.5 Å². The summed E-state index contributed by atoms with van der Waals surface area (Å²) in [5.74, 6) is 1.02. The molecule has 2 heterocycles. The van der Waals surface area contributed by atoms with Crippen LogP contribution in [-0.4, -0.2) is 34.2 Å². The van der Waals surface area contributed by atoms with Crippen LogP contribution < -0.4 is 14.8 Å². The first-order valence-electron chi connectivity index (χ1n) is 11.1. The fourth-order valence-electron chi connectivity index (χ4n) is 3.42. The molecule has 2 amide bonds. The summed E-state index contributed by atoms with van der Waals surface area (Å²) in [6.45, 7) is 4.15. The summed E-state index contributed by atoms with van der Waals surface area (Å²) >= 11 is 12.7. The molecule has 7 nitrogen and oxygen atoms in total. The van der Waals surface area contributed by atoms with Gasteiger partial charge in [0.25, 0.3) is 11.8 Å². The first kappa shape index (κ1) is 25.8. The van der Waals surface area contributed by atoms with Gasteiger partial charge in [0.2, 0.25) is 0 Å². The van der Waals surface area contributed by atoms with Crippen LogP contribution in [0.15, 0.2) is 64.1 Å². The molecule has 2 aromatic carbocycles. The molecular formula is C26H23ClN2O5S2. The summed E-state index contributed by atoms with van der Waals surface area (Å²) < 4.78 is 17.3. The number of carbonyl (C=O) groups excluding carboxylic acids is 2. The van der Waals surface area contributed by atoms with E-state index in [1.807, 2.05) is 13.8 Å². The number of nitrogens with one attached hydrogen (secondary N) is 1. The van der Waals surface area contributed by atoms with Gasteiger partial charge in [0.1, 0.15) is 10.1 Å². The molecule has 10 heteroatoms. The van der Waals surface area contributed by atoms with Crippen LogP contribution in [0.1, 0.15) is 23.8 Å². The summed E-state index contributed by atoms with van der Waals surface area (Å²) in [6.07, 6.45) is 3.31. The van der Waals surface area contributed by atoms with Crippen LogP contribution in [0.3, 0.4) is 0 Å². The van der Waals surface area contributed by atoms with Gasteiger partial charge in [-0.15, -0.1) is 0 Å². The van der Waals surface area contributed by atoms with E-state index in [0.29, 0.717) is 43.8 Å². The Morgan fingerprint density at radius 1 is 1.19 bits per heavy atom. The van der Waals surface area contributed by atoms with E-state index in [1.54, 1.807) is 60.9 Å². The summed E-state index contributed by atoms with van der Waals surface area (Å²) in [5.41, 5.74) is 2.14. The predicted octanol–water partition coefficient (Wildman–Crippen LogP) is 6.06. The fourth-order valence-corrected chi connectivity index (χ4v) is 4.85. The van der Waals surface area contributed by atoms with Gasteiger partial charge < -0.3 is 19.2 Å². The van der Waals surface area contributed by atoms with Gasteiger partial charge in [0.15, 0.2) is 18.1 Å². The van der Waals surface area contributed by atoms with Crippen LogP contribution in [0.4, 0.5) is 5.69 Å². The number of hydrogen-bond donors (Lipinski definition) is 1. The number of rotatable bonds is 9. The Balaban J connectivity index is 1.44. The van der Waals surface area contributed by atoms with Crippen molar-refractivity contribution in [2.24, 2.45) is 0 Å². The number of carbonyl (C=O) groups is 2. The van der Waals surface area contributed by atoms with Crippen LogP contribution in [0.25, 0.3) is 6.08 Å². The van der Waals surface area contributed by atoms with Gasteiger partial charge >= 0.3 is 0 Å². The molecule has 0 bridgehead atoms. The van der Waals surface area contributed by atoms with Crippen molar-refractivity contribution < 1.29 is 23.5 Å². The number of thioether (sulfide) groups is 1. The van der Waals surface area contributed by atoms with Crippen LogP contribution >= 0.6 is 35.6 Å². The maximum absolute atomic E-state index is 12.9. The first-order chi connectivity index (χ1) is 17.4. The Labute approximate surface area is 223 Å². The number of halogens is 1. The lowest BCUT2D eigenvalue weighted by Gasteiger charge is -2.14. The van der Waals surface area contributed by atoms with E-state index < -0.39 is 0 Å². The highest BCUT2D eigenvalue weighted by Gasteiger charge is 2.32. The van der Waals surface area contributed by atoms with Crippen molar-refractivity contribution in [3.05, 3.63) is 81.6 Å². The minimum atomic E-state index is -0.327. The molecule has 0 saturated carbocycles. The number of ether oxygens (including phenoxy) is 2. The first-order valence-corrected chi connectivity index (χ1v) is 12.7. The topological polar surface area (TPSA) is 81.0 Å². The molecule has 3 aromatic rings. The molecule has 1 aliphatic rings. The number of anilines is 1. The van der Waals surface area contributed by atoms with Crippen molar-refractivity contribution in [1.29, 1.82) is 0 Å². The minimum Gasteiger partial charge on any atom is -0.490 e. The molecule has 0 spiro atoms. The van der Waals surface area contributed by atoms with Gasteiger partial charge in [-0.1, -0.05) is 47.7 Å². The predicted molar refractivity (Wildman–Crippen MR) is 145 cm³/mol. The highest BCUT2D eigenvalue weighted by molar-refractivity contribution is 8.26. The summed E-state index contributed by atoms with van der Waals surface area (Å²) in [4.78, 5) is 27.3. The average Bonchev–Trinajstić information content (AvgIpc) is 3.46. The molecule has 0 atom stereocenters. The Morgan fingerprint density at radius 2 is 2.03 bits per heavy atom. The number of furan rings is 1. The average molecular weight is 543 g/mol. The van der Waals surface area contributed by atoms with Crippen LogP contribution in [0.5, 0.6) is 11.5 Å². The van der Waals surface area contributed by atoms with E-state index in [4.69, 9.17) is 37.7 Å². The standard InChI is InChI=1S/C26H23ClN2O5S2/c1-3-32-22-12-17(13-23-25(31)29(26(35)36-23)14-18-6-5-11-33-18)9-10-21(22)34-15-24(30)28-20-8-4-7-19(27)16(20)2/h4-13H,3,14-15H2,1-2H3,(H,28,30)/b23-13-. The summed E-state index contributed by atoms with van der Waals surface area (Å²) in [7, 11) is 0. The molecule has 0 unspecified atom stereocenters. The number of thiocarbonyl (C=S) groups is 1. The van der Waals surface area contributed by atoms with Gasteiger partial charge in [-0.05, 0) is 67.4 Å². The molecule has 1 fully saturated rings. The second-order valence-corrected chi connectivity index (χ2v) is 9.82. The zero-order chi connectivity index (χ0) is 25.7. The van der Waals surface area contributed by atoms with E-state index in [2.05, 4.69) is 5.32 Å². The van der Waals surface area contributed by atoms with Gasteiger partial charge in [-0.25, -0.2) is 0 Å². The molecule has 1 N–H and O–H groups in total. The number of nitrogens with zero attached hydrogens (tertiary/aromatic N) is 1. The van der Waals surface area contributed by atoms with Crippen molar-refractivity contribution >= 4 is 63.5 Å². The van der Waals surface area contributed by atoms with E-state index in [-0.39, 0.29) is 25.0 Å². The molecule has 186 valence electrons. The van der Waals surface area contributed by atoms with Crippen molar-refractivity contribution in [3.63, 3.8) is 0 Å². The SMILES string of the molecule is CCOc1cc(/C=C2\SC(=S)N(Cc3ccco3)C2=O)ccc1OCC(=O)Nc1cccc(Cl)c1C. The monoisotopic (exact) mass is 542 g/mol. The largest absolute Gasteiger partial charge is 0.490 e. The molecule has 1 aromatic heterocycles. The van der Waals surface area contributed by atoms with Gasteiger partial charge in [-0.2, -0.15) is 0 Å². The van der Waals surface area contributed by atoms with Gasteiger partial charge in [-0.3, -0.25) is 14.5 Å². The molecule has 0 radical (unpaired) electrons. The Hall–Kier alpha value is -3.27. The molecule has 1 saturated heterocycles. The van der Waals surface area contributed by atoms with Crippen LogP contribution in [0, 0.1) is 6.92 Å². The minimum absolute atomic E-state index is 0.187. The maximum Gasteiger partial charge on any atom is 0.266 e. The van der Waals surface area contributed by atoms with Gasteiger partial charge in [0, 0.05) is 10.7 Å². The lowest BCUT2D eigenvalue weighted by atomic mass is 10.2. The zero-order valence-electron chi connectivity index (χ0n) is 19.6. The highest BCUT2D eigenvalue weighted by atomic mass is 35.5. The third-order valence-electron chi connectivity index (χ3n) is 5.23. The third kappa shape index (κ3) is 6.10. The lowest BCUT2D eigenvalue weighted by Crippen LogP contribution is -2.27. The van der Waals surface area contributed by atoms with Crippen molar-refractivity contribution in [2.75, 3.05) is 18.5 Å². The quantitative estimate of drug-likeness (QED) is 0.260. The van der Waals surface area contributed by atoms with Crippen LogP contribution in [-0.2, 0) is 16.1 Å². The molecule has 1 aliphatic heterocycles. The van der Waals surface area contributed by atoms with E-state index in [1.165, 1.54) is 16.7 Å². The number of hydrogen-bond acceptors (Lipinski definition) is 7. The number of benzene rings is 2. The second-order valence-electron chi connectivity index (χ2n) is 7.74. The second kappa shape index (κ2) is 11.6. The fraction of sp³-hybridized carbons (Fsp3) is 0.192. The maximum atomic E-state index is 12.9. The zero-order valence-corrected chi connectivity index (χ0v) is 22.0. The smallest absolute Gasteiger partial charge is 0.266 e.